The Hall–Kier alpha value is -1.38. The Morgan fingerprint density at radius 1 is 1.38 bits per heavy atom. The molecule has 1 aliphatic rings. The van der Waals surface area contributed by atoms with Crippen LogP contribution in [0.1, 0.15) is 47.7 Å². The van der Waals surface area contributed by atoms with Gasteiger partial charge in [-0.05, 0) is 55.1 Å². The Morgan fingerprint density at radius 3 is 3.00 bits per heavy atom. The molecule has 0 saturated carbocycles. The summed E-state index contributed by atoms with van der Waals surface area (Å²) >= 11 is 6.32. The van der Waals surface area contributed by atoms with E-state index < -0.39 is 0 Å². The van der Waals surface area contributed by atoms with Gasteiger partial charge < -0.3 is 5.32 Å². The molecule has 0 fully saturated rings. The minimum atomic E-state index is 0.282. The number of hydrogen-bond acceptors (Lipinski definition) is 2. The summed E-state index contributed by atoms with van der Waals surface area (Å²) in [5.74, 6) is 0.430. The van der Waals surface area contributed by atoms with E-state index in [1.165, 1.54) is 16.8 Å². The number of hydrogen-bond donors (Lipinski definition) is 1. The lowest BCUT2D eigenvalue weighted by atomic mass is 9.90. The zero-order chi connectivity index (χ0) is 14.8. The molecule has 2 nitrogen and oxygen atoms in total. The molecule has 2 atom stereocenters. The van der Waals surface area contributed by atoms with Gasteiger partial charge in [0.15, 0.2) is 0 Å². The molecule has 1 N–H and O–H groups in total. The number of rotatable bonds is 4. The predicted octanol–water partition coefficient (Wildman–Crippen LogP) is 4.42. The van der Waals surface area contributed by atoms with Crippen molar-refractivity contribution in [3.63, 3.8) is 0 Å². The lowest BCUT2D eigenvalue weighted by molar-refractivity contribution is 0.447. The molecule has 0 aliphatic heterocycles. The number of nitrogens with zero attached hydrogens (tertiary/aromatic N) is 1. The van der Waals surface area contributed by atoms with Crippen LogP contribution in [0.5, 0.6) is 0 Å². The molecule has 1 aliphatic carbocycles. The molecule has 1 heterocycles. The summed E-state index contributed by atoms with van der Waals surface area (Å²) in [5, 5.41) is 4.47. The molecule has 2 aromatic rings. The fourth-order valence-electron chi connectivity index (χ4n) is 3.28. The number of likely N-dealkylation sites (N-methyl/N-ethyl adjacent to an activating group) is 1. The summed E-state index contributed by atoms with van der Waals surface area (Å²) in [4.78, 5) is 4.64. The van der Waals surface area contributed by atoms with Gasteiger partial charge in [-0.2, -0.15) is 0 Å². The van der Waals surface area contributed by atoms with E-state index in [0.29, 0.717) is 5.92 Å². The molecule has 2 unspecified atom stereocenters. The fourth-order valence-corrected chi connectivity index (χ4v) is 3.47. The van der Waals surface area contributed by atoms with E-state index in [1.807, 2.05) is 19.2 Å². The average Bonchev–Trinajstić information content (AvgIpc) is 2.92. The van der Waals surface area contributed by atoms with Gasteiger partial charge in [0.1, 0.15) is 0 Å². The molecule has 0 amide bonds. The van der Waals surface area contributed by atoms with E-state index >= 15 is 0 Å². The number of aryl methyl sites for hydroxylation is 2. The van der Waals surface area contributed by atoms with Crippen LogP contribution < -0.4 is 5.32 Å². The van der Waals surface area contributed by atoms with Gasteiger partial charge in [-0.15, -0.1) is 0 Å². The Kier molecular flexibility index (Phi) is 4.27. The Labute approximate surface area is 131 Å². The highest BCUT2D eigenvalue weighted by molar-refractivity contribution is 6.31. The molecular formula is C18H21ClN2. The van der Waals surface area contributed by atoms with E-state index in [2.05, 4.69) is 41.5 Å². The third-order valence-electron chi connectivity index (χ3n) is 4.38. The summed E-state index contributed by atoms with van der Waals surface area (Å²) in [6.07, 6.45) is 4.17. The summed E-state index contributed by atoms with van der Waals surface area (Å²) in [5.41, 5.74) is 5.03. The number of nitrogens with one attached hydrogen (secondary N) is 1. The first-order valence-electron chi connectivity index (χ1n) is 7.64. The molecule has 0 saturated heterocycles. The maximum atomic E-state index is 6.32. The number of halogens is 1. The van der Waals surface area contributed by atoms with Crippen molar-refractivity contribution in [3.8, 4) is 0 Å². The number of aromatic nitrogens is 1. The first kappa shape index (κ1) is 14.6. The first-order chi connectivity index (χ1) is 10.2. The standard InChI is InChI=1S/C18H21ClN2/c1-3-20-18(14-7-6-12(2)16(19)11-14)15-9-8-13-5-4-10-21-17(13)15/h4-7,10-11,15,18,20H,3,8-9H2,1-2H3. The molecule has 21 heavy (non-hydrogen) atoms. The highest BCUT2D eigenvalue weighted by Crippen LogP contribution is 2.41. The second kappa shape index (κ2) is 6.17. The van der Waals surface area contributed by atoms with Gasteiger partial charge in [0.05, 0.1) is 0 Å². The topological polar surface area (TPSA) is 24.9 Å². The molecule has 1 aromatic heterocycles. The normalized spacial score (nSPS) is 18.5. The van der Waals surface area contributed by atoms with Crippen molar-refractivity contribution >= 4 is 11.6 Å². The maximum Gasteiger partial charge on any atom is 0.0485 e. The SMILES string of the molecule is CCNC(c1ccc(C)c(Cl)c1)C1CCc2cccnc21. The zero-order valence-electron chi connectivity index (χ0n) is 12.6. The van der Waals surface area contributed by atoms with Crippen LogP contribution in [-0.4, -0.2) is 11.5 Å². The van der Waals surface area contributed by atoms with Crippen molar-refractivity contribution in [1.82, 2.24) is 10.3 Å². The molecule has 110 valence electrons. The Balaban J connectivity index is 1.97. The van der Waals surface area contributed by atoms with Crippen LogP contribution in [0.2, 0.25) is 5.02 Å². The highest BCUT2D eigenvalue weighted by Gasteiger charge is 2.31. The van der Waals surface area contributed by atoms with Crippen molar-refractivity contribution in [3.05, 3.63) is 63.9 Å². The first-order valence-corrected chi connectivity index (χ1v) is 8.01. The van der Waals surface area contributed by atoms with Gasteiger partial charge in [0.2, 0.25) is 0 Å². The summed E-state index contributed by atoms with van der Waals surface area (Å²) in [6, 6.07) is 10.9. The smallest absolute Gasteiger partial charge is 0.0485 e. The largest absolute Gasteiger partial charge is 0.310 e. The van der Waals surface area contributed by atoms with Crippen LogP contribution >= 0.6 is 11.6 Å². The molecule has 0 spiro atoms. The highest BCUT2D eigenvalue weighted by atomic mass is 35.5. The van der Waals surface area contributed by atoms with Crippen LogP contribution in [-0.2, 0) is 6.42 Å². The van der Waals surface area contributed by atoms with Crippen molar-refractivity contribution in [1.29, 1.82) is 0 Å². The van der Waals surface area contributed by atoms with Gasteiger partial charge in [-0.1, -0.05) is 36.7 Å². The molecule has 3 rings (SSSR count). The van der Waals surface area contributed by atoms with Crippen molar-refractivity contribution < 1.29 is 0 Å². The van der Waals surface area contributed by atoms with Crippen LogP contribution in [0.3, 0.4) is 0 Å². The van der Waals surface area contributed by atoms with E-state index in [4.69, 9.17) is 11.6 Å². The van der Waals surface area contributed by atoms with E-state index in [9.17, 15) is 0 Å². The third kappa shape index (κ3) is 2.83. The zero-order valence-corrected chi connectivity index (χ0v) is 13.3. The number of fused-ring (bicyclic) bond motifs is 1. The number of pyridine rings is 1. The van der Waals surface area contributed by atoms with Crippen molar-refractivity contribution in [2.45, 2.75) is 38.6 Å². The van der Waals surface area contributed by atoms with E-state index in [0.717, 1.165) is 30.0 Å². The molecule has 1 aromatic carbocycles. The second-order valence-electron chi connectivity index (χ2n) is 5.74. The molecule has 0 radical (unpaired) electrons. The molecule has 3 heteroatoms. The van der Waals surface area contributed by atoms with Gasteiger partial charge in [-0.3, -0.25) is 4.98 Å². The summed E-state index contributed by atoms with van der Waals surface area (Å²) in [6.45, 7) is 5.13. The molecule has 0 bridgehead atoms. The van der Waals surface area contributed by atoms with Crippen LogP contribution in [0, 0.1) is 6.92 Å². The molecular weight excluding hydrogens is 280 g/mol. The van der Waals surface area contributed by atoms with Crippen LogP contribution in [0.25, 0.3) is 0 Å². The minimum Gasteiger partial charge on any atom is -0.310 e. The monoisotopic (exact) mass is 300 g/mol. The van der Waals surface area contributed by atoms with Crippen molar-refractivity contribution in [2.24, 2.45) is 0 Å². The van der Waals surface area contributed by atoms with Gasteiger partial charge >= 0.3 is 0 Å². The lowest BCUT2D eigenvalue weighted by Gasteiger charge is -2.25. The minimum absolute atomic E-state index is 0.282. The lowest BCUT2D eigenvalue weighted by Crippen LogP contribution is -2.26. The number of benzene rings is 1. The van der Waals surface area contributed by atoms with Gasteiger partial charge in [0.25, 0.3) is 0 Å². The summed E-state index contributed by atoms with van der Waals surface area (Å²) < 4.78 is 0. The quantitative estimate of drug-likeness (QED) is 0.904. The third-order valence-corrected chi connectivity index (χ3v) is 4.79. The maximum absolute atomic E-state index is 6.32. The fraction of sp³-hybridized carbons (Fsp3) is 0.389. The Morgan fingerprint density at radius 2 is 2.24 bits per heavy atom. The summed E-state index contributed by atoms with van der Waals surface area (Å²) in [7, 11) is 0. The van der Waals surface area contributed by atoms with Crippen molar-refractivity contribution in [2.75, 3.05) is 6.54 Å². The van der Waals surface area contributed by atoms with Crippen LogP contribution in [0.15, 0.2) is 36.5 Å². The van der Waals surface area contributed by atoms with E-state index in [1.54, 1.807) is 0 Å². The second-order valence-corrected chi connectivity index (χ2v) is 6.14. The van der Waals surface area contributed by atoms with E-state index in [-0.39, 0.29) is 6.04 Å². The van der Waals surface area contributed by atoms with Crippen LogP contribution in [0.4, 0.5) is 0 Å². The predicted molar refractivity (Wildman–Crippen MR) is 87.9 cm³/mol. The Bertz CT molecular complexity index is 639. The van der Waals surface area contributed by atoms with Gasteiger partial charge in [0, 0.05) is 28.9 Å². The van der Waals surface area contributed by atoms with Gasteiger partial charge in [-0.25, -0.2) is 0 Å². The average molecular weight is 301 g/mol.